The van der Waals surface area contributed by atoms with Gasteiger partial charge in [-0.3, -0.25) is 9.59 Å². The Labute approximate surface area is 155 Å². The van der Waals surface area contributed by atoms with Gasteiger partial charge >= 0.3 is 0 Å². The molecule has 4 atom stereocenters. The number of rotatable bonds is 5. The maximum atomic E-state index is 12.8. The zero-order valence-corrected chi connectivity index (χ0v) is 15.6. The van der Waals surface area contributed by atoms with Gasteiger partial charge in [-0.2, -0.15) is 0 Å². The molecule has 1 aliphatic carbocycles. The molecule has 1 aromatic rings. The van der Waals surface area contributed by atoms with Gasteiger partial charge in [0.25, 0.3) is 0 Å². The van der Waals surface area contributed by atoms with Crippen LogP contribution in [0.1, 0.15) is 57.1 Å². The van der Waals surface area contributed by atoms with Crippen LogP contribution in [-0.2, 0) is 9.59 Å². The van der Waals surface area contributed by atoms with Crippen molar-refractivity contribution in [1.29, 1.82) is 0 Å². The normalized spacial score (nSPS) is 31.3. The van der Waals surface area contributed by atoms with Gasteiger partial charge in [0.05, 0.1) is 25.0 Å². The summed E-state index contributed by atoms with van der Waals surface area (Å²) in [5.41, 5.74) is 1.28. The van der Waals surface area contributed by atoms with Crippen molar-refractivity contribution in [2.45, 2.75) is 51.5 Å². The number of hydrogen-bond donors (Lipinski definition) is 1. The van der Waals surface area contributed by atoms with Gasteiger partial charge in [-0.15, -0.1) is 0 Å². The number of carbonyl (C=O) groups excluding carboxylic acids is 2. The van der Waals surface area contributed by atoms with Crippen molar-refractivity contribution < 1.29 is 19.2 Å². The number of quaternary nitrogens is 1. The molecule has 5 heteroatoms. The van der Waals surface area contributed by atoms with E-state index < -0.39 is 0 Å². The molecule has 0 spiro atoms. The van der Waals surface area contributed by atoms with E-state index in [0.717, 1.165) is 50.8 Å². The molecule has 0 radical (unpaired) electrons. The molecule has 1 saturated carbocycles. The minimum atomic E-state index is -0.0396. The average Bonchev–Trinajstić information content (AvgIpc) is 3.22. The summed E-state index contributed by atoms with van der Waals surface area (Å²) in [6, 6.07) is 8.67. The first-order valence-corrected chi connectivity index (χ1v) is 10.1. The fourth-order valence-electron chi connectivity index (χ4n) is 5.06. The number of nitrogens with one attached hydrogen (secondary N) is 1. The Bertz CT molecular complexity index is 648. The van der Waals surface area contributed by atoms with Gasteiger partial charge < -0.3 is 9.64 Å². The molecule has 2 heterocycles. The van der Waals surface area contributed by atoms with Crippen molar-refractivity contribution >= 4 is 11.8 Å². The average molecular weight is 357 g/mol. The van der Waals surface area contributed by atoms with E-state index in [2.05, 4.69) is 12.1 Å². The van der Waals surface area contributed by atoms with Gasteiger partial charge in [0.15, 0.2) is 6.67 Å². The number of imide groups is 1. The monoisotopic (exact) mass is 357 g/mol. The summed E-state index contributed by atoms with van der Waals surface area (Å²) in [7, 11) is 0. The van der Waals surface area contributed by atoms with Gasteiger partial charge in [-0.1, -0.05) is 12.8 Å². The molecule has 26 heavy (non-hydrogen) atoms. The van der Waals surface area contributed by atoms with Crippen molar-refractivity contribution in [3.63, 3.8) is 0 Å². The molecular weight excluding hydrogens is 328 g/mol. The van der Waals surface area contributed by atoms with Crippen molar-refractivity contribution in [2.75, 3.05) is 19.8 Å². The quantitative estimate of drug-likeness (QED) is 0.820. The first kappa shape index (κ1) is 17.5. The van der Waals surface area contributed by atoms with E-state index in [1.54, 1.807) is 4.90 Å². The Morgan fingerprint density at radius 3 is 2.27 bits per heavy atom. The topological polar surface area (TPSA) is 51.1 Å². The molecule has 2 saturated heterocycles. The van der Waals surface area contributed by atoms with Crippen molar-refractivity contribution in [3.05, 3.63) is 29.8 Å². The fraction of sp³-hybridized carbons (Fsp3) is 0.619. The summed E-state index contributed by atoms with van der Waals surface area (Å²) in [6.07, 6.45) is 6.19. The van der Waals surface area contributed by atoms with Crippen LogP contribution in [0.15, 0.2) is 24.3 Å². The minimum absolute atomic E-state index is 0.0396. The summed E-state index contributed by atoms with van der Waals surface area (Å²) in [6.45, 7) is 4.20. The SMILES string of the molecule is CCOc1ccc([C@H]2CCC[NH+]2CN2C(=O)[C@H]3CCCC[C@H]3C2=O)cc1. The van der Waals surface area contributed by atoms with Gasteiger partial charge in [-0.05, 0) is 44.0 Å². The predicted molar refractivity (Wildman–Crippen MR) is 97.6 cm³/mol. The van der Waals surface area contributed by atoms with Crippen LogP contribution in [0.25, 0.3) is 0 Å². The summed E-state index contributed by atoms with van der Waals surface area (Å²) in [5, 5.41) is 0. The molecule has 1 aromatic carbocycles. The molecule has 4 rings (SSSR count). The first-order chi connectivity index (χ1) is 12.7. The Morgan fingerprint density at radius 2 is 1.65 bits per heavy atom. The molecule has 2 aliphatic heterocycles. The summed E-state index contributed by atoms with van der Waals surface area (Å²) < 4.78 is 5.54. The smallest absolute Gasteiger partial charge is 0.237 e. The fourth-order valence-corrected chi connectivity index (χ4v) is 5.06. The Hall–Kier alpha value is -1.88. The third-order valence-corrected chi connectivity index (χ3v) is 6.37. The standard InChI is InChI=1S/C21H28N2O3/c1-2-26-16-11-9-15(10-12-16)19-8-5-13-22(19)14-23-20(24)17-6-3-4-7-18(17)21(23)25/h9-12,17-19H,2-8,13-14H2,1H3/p+1/t17-,18+,19-/m1/s1. The van der Waals surface area contributed by atoms with Crippen LogP contribution >= 0.6 is 0 Å². The second-order valence-corrected chi connectivity index (χ2v) is 7.87. The second-order valence-electron chi connectivity index (χ2n) is 7.87. The predicted octanol–water partition coefficient (Wildman–Crippen LogP) is 1.94. The lowest BCUT2D eigenvalue weighted by molar-refractivity contribution is -0.925. The molecule has 3 aliphatic rings. The van der Waals surface area contributed by atoms with E-state index in [1.807, 2.05) is 19.1 Å². The van der Waals surface area contributed by atoms with Crippen LogP contribution in [0, 0.1) is 11.8 Å². The van der Waals surface area contributed by atoms with Crippen LogP contribution in [-0.4, -0.2) is 36.5 Å². The highest BCUT2D eigenvalue weighted by molar-refractivity contribution is 6.05. The van der Waals surface area contributed by atoms with Crippen LogP contribution in [0.5, 0.6) is 5.75 Å². The lowest BCUT2D eigenvalue weighted by atomic mass is 9.81. The number of carbonyl (C=O) groups is 2. The van der Waals surface area contributed by atoms with E-state index in [-0.39, 0.29) is 23.7 Å². The molecule has 1 unspecified atom stereocenters. The number of nitrogens with zero attached hydrogens (tertiary/aromatic N) is 1. The van der Waals surface area contributed by atoms with Crippen LogP contribution in [0.3, 0.4) is 0 Å². The molecule has 0 bridgehead atoms. The van der Waals surface area contributed by atoms with Crippen LogP contribution < -0.4 is 9.64 Å². The Balaban J connectivity index is 1.47. The maximum absolute atomic E-state index is 12.8. The zero-order chi connectivity index (χ0) is 18.1. The van der Waals surface area contributed by atoms with Crippen molar-refractivity contribution in [2.24, 2.45) is 11.8 Å². The third-order valence-electron chi connectivity index (χ3n) is 6.37. The largest absolute Gasteiger partial charge is 0.494 e. The molecule has 3 fully saturated rings. The van der Waals surface area contributed by atoms with E-state index in [0.29, 0.717) is 19.3 Å². The number of likely N-dealkylation sites (tertiary alicyclic amines) is 2. The van der Waals surface area contributed by atoms with Crippen molar-refractivity contribution in [3.8, 4) is 5.75 Å². The van der Waals surface area contributed by atoms with Gasteiger partial charge in [0, 0.05) is 18.4 Å². The van der Waals surface area contributed by atoms with Gasteiger partial charge in [0.1, 0.15) is 11.8 Å². The molecular formula is C21H29N2O3+. The number of amides is 2. The van der Waals surface area contributed by atoms with E-state index in [4.69, 9.17) is 4.74 Å². The molecule has 0 aromatic heterocycles. The maximum Gasteiger partial charge on any atom is 0.237 e. The first-order valence-electron chi connectivity index (χ1n) is 10.1. The third kappa shape index (κ3) is 3.13. The van der Waals surface area contributed by atoms with Gasteiger partial charge in [0.2, 0.25) is 11.8 Å². The lowest BCUT2D eigenvalue weighted by Gasteiger charge is -2.26. The summed E-state index contributed by atoms with van der Waals surface area (Å²) in [4.78, 5) is 28.5. The highest BCUT2D eigenvalue weighted by Crippen LogP contribution is 2.37. The second kappa shape index (κ2) is 7.39. The lowest BCUT2D eigenvalue weighted by Crippen LogP contribution is -3.12. The molecule has 140 valence electrons. The van der Waals surface area contributed by atoms with Crippen molar-refractivity contribution in [1.82, 2.24) is 4.90 Å². The number of benzene rings is 1. The van der Waals surface area contributed by atoms with Gasteiger partial charge in [-0.25, -0.2) is 4.90 Å². The Morgan fingerprint density at radius 1 is 1.00 bits per heavy atom. The van der Waals surface area contributed by atoms with E-state index in [1.165, 1.54) is 10.5 Å². The zero-order valence-electron chi connectivity index (χ0n) is 15.6. The minimum Gasteiger partial charge on any atom is -0.494 e. The van der Waals surface area contributed by atoms with Crippen LogP contribution in [0.4, 0.5) is 0 Å². The number of ether oxygens (including phenoxy) is 1. The molecule has 2 amide bonds. The highest BCUT2D eigenvalue weighted by atomic mass is 16.5. The van der Waals surface area contributed by atoms with Crippen LogP contribution in [0.2, 0.25) is 0 Å². The summed E-state index contributed by atoms with van der Waals surface area (Å²) in [5.74, 6) is 0.989. The Kier molecular flexibility index (Phi) is 4.98. The molecule has 1 N–H and O–H groups in total. The van der Waals surface area contributed by atoms with E-state index in [9.17, 15) is 9.59 Å². The van der Waals surface area contributed by atoms with E-state index >= 15 is 0 Å². The molecule has 5 nitrogen and oxygen atoms in total. The number of fused-ring (bicyclic) bond motifs is 1. The highest BCUT2D eigenvalue weighted by Gasteiger charge is 2.50. The summed E-state index contributed by atoms with van der Waals surface area (Å²) >= 11 is 0. The number of hydrogen-bond acceptors (Lipinski definition) is 3.